The van der Waals surface area contributed by atoms with Gasteiger partial charge in [-0.15, -0.1) is 0 Å². The lowest BCUT2D eigenvalue weighted by Crippen LogP contribution is -2.21. The molecule has 0 amide bonds. The van der Waals surface area contributed by atoms with E-state index in [4.69, 9.17) is 11.6 Å². The van der Waals surface area contributed by atoms with E-state index >= 15 is 0 Å². The van der Waals surface area contributed by atoms with Gasteiger partial charge >= 0.3 is 0 Å². The molecular formula is C16H21ClFN3. The molecule has 0 fully saturated rings. The van der Waals surface area contributed by atoms with Crippen molar-refractivity contribution in [2.45, 2.75) is 39.3 Å². The molecule has 1 unspecified atom stereocenters. The zero-order valence-corrected chi connectivity index (χ0v) is 13.4. The highest BCUT2D eigenvalue weighted by Crippen LogP contribution is 2.27. The SMILES string of the molecule is CCc1nn(CC)c(CC(NC)c2ccccc2F)c1Cl. The summed E-state index contributed by atoms with van der Waals surface area (Å²) in [7, 11) is 1.83. The van der Waals surface area contributed by atoms with Gasteiger partial charge in [0, 0.05) is 24.6 Å². The van der Waals surface area contributed by atoms with E-state index in [-0.39, 0.29) is 11.9 Å². The molecule has 3 nitrogen and oxygen atoms in total. The van der Waals surface area contributed by atoms with Crippen LogP contribution in [0.25, 0.3) is 0 Å². The second-order valence-electron chi connectivity index (χ2n) is 4.94. The molecule has 1 atom stereocenters. The van der Waals surface area contributed by atoms with E-state index in [1.807, 2.05) is 31.6 Å². The van der Waals surface area contributed by atoms with Crippen molar-refractivity contribution in [3.05, 3.63) is 52.1 Å². The highest BCUT2D eigenvalue weighted by molar-refractivity contribution is 6.31. The minimum atomic E-state index is -0.203. The molecule has 0 bridgehead atoms. The number of nitrogens with zero attached hydrogens (tertiary/aromatic N) is 2. The number of hydrogen-bond donors (Lipinski definition) is 1. The van der Waals surface area contributed by atoms with Crippen LogP contribution in [0.3, 0.4) is 0 Å². The van der Waals surface area contributed by atoms with Gasteiger partial charge in [-0.25, -0.2) is 4.39 Å². The third-order valence-electron chi connectivity index (χ3n) is 3.72. The lowest BCUT2D eigenvalue weighted by Gasteiger charge is -2.18. The Bertz CT molecular complexity index is 610. The summed E-state index contributed by atoms with van der Waals surface area (Å²) in [6.45, 7) is 4.82. The number of nitrogens with one attached hydrogen (secondary N) is 1. The zero-order chi connectivity index (χ0) is 15.4. The van der Waals surface area contributed by atoms with Crippen molar-refractivity contribution in [3.8, 4) is 0 Å². The number of halogens is 2. The molecule has 0 saturated heterocycles. The van der Waals surface area contributed by atoms with Crippen LogP contribution in [-0.2, 0) is 19.4 Å². The Hall–Kier alpha value is -1.39. The summed E-state index contributed by atoms with van der Waals surface area (Å²) in [6.07, 6.45) is 1.40. The molecule has 1 aromatic carbocycles. The van der Waals surface area contributed by atoms with Crippen LogP contribution in [0.4, 0.5) is 4.39 Å². The van der Waals surface area contributed by atoms with E-state index in [0.717, 1.165) is 24.4 Å². The summed E-state index contributed by atoms with van der Waals surface area (Å²) in [6, 6.07) is 6.70. The Balaban J connectivity index is 2.35. The van der Waals surface area contributed by atoms with Gasteiger partial charge in [-0.3, -0.25) is 4.68 Å². The van der Waals surface area contributed by atoms with Crippen LogP contribution in [0.5, 0.6) is 0 Å². The first-order valence-electron chi connectivity index (χ1n) is 7.28. The fraction of sp³-hybridized carbons (Fsp3) is 0.438. The molecule has 0 saturated carbocycles. The maximum absolute atomic E-state index is 14.0. The van der Waals surface area contributed by atoms with Crippen molar-refractivity contribution in [1.29, 1.82) is 0 Å². The second-order valence-corrected chi connectivity index (χ2v) is 5.32. The van der Waals surface area contributed by atoms with Gasteiger partial charge in [-0.1, -0.05) is 36.7 Å². The molecule has 114 valence electrons. The van der Waals surface area contributed by atoms with E-state index in [9.17, 15) is 4.39 Å². The highest BCUT2D eigenvalue weighted by Gasteiger charge is 2.20. The topological polar surface area (TPSA) is 29.9 Å². The van der Waals surface area contributed by atoms with Crippen molar-refractivity contribution in [1.82, 2.24) is 15.1 Å². The number of hydrogen-bond acceptors (Lipinski definition) is 2. The van der Waals surface area contributed by atoms with Gasteiger partial charge in [-0.05, 0) is 26.5 Å². The van der Waals surface area contributed by atoms with Crippen LogP contribution in [0.1, 0.15) is 36.8 Å². The lowest BCUT2D eigenvalue weighted by atomic mass is 10.0. The predicted molar refractivity (Wildman–Crippen MR) is 84.2 cm³/mol. The van der Waals surface area contributed by atoms with Crippen LogP contribution in [0.2, 0.25) is 5.02 Å². The monoisotopic (exact) mass is 309 g/mol. The van der Waals surface area contributed by atoms with Crippen LogP contribution >= 0.6 is 11.6 Å². The summed E-state index contributed by atoms with van der Waals surface area (Å²) in [5, 5.41) is 8.39. The van der Waals surface area contributed by atoms with Crippen molar-refractivity contribution >= 4 is 11.6 Å². The van der Waals surface area contributed by atoms with E-state index in [1.165, 1.54) is 6.07 Å². The van der Waals surface area contributed by atoms with Crippen LogP contribution in [0, 0.1) is 5.82 Å². The molecule has 2 aromatic rings. The third kappa shape index (κ3) is 3.27. The van der Waals surface area contributed by atoms with Gasteiger partial charge < -0.3 is 5.32 Å². The fourth-order valence-corrected chi connectivity index (χ4v) is 2.88. The maximum Gasteiger partial charge on any atom is 0.127 e. The summed E-state index contributed by atoms with van der Waals surface area (Å²) in [4.78, 5) is 0. The Morgan fingerprint density at radius 1 is 1.33 bits per heavy atom. The Kier molecular flexibility index (Phi) is 5.37. The Morgan fingerprint density at radius 3 is 2.62 bits per heavy atom. The average Bonchev–Trinajstić information content (AvgIpc) is 2.81. The van der Waals surface area contributed by atoms with E-state index in [2.05, 4.69) is 10.4 Å². The van der Waals surface area contributed by atoms with Gasteiger partial charge in [0.1, 0.15) is 5.82 Å². The van der Waals surface area contributed by atoms with Crippen molar-refractivity contribution in [2.24, 2.45) is 0 Å². The van der Waals surface area contributed by atoms with E-state index < -0.39 is 0 Å². The normalized spacial score (nSPS) is 12.6. The summed E-state index contributed by atoms with van der Waals surface area (Å²) >= 11 is 6.43. The van der Waals surface area contributed by atoms with Crippen LogP contribution in [-0.4, -0.2) is 16.8 Å². The summed E-state index contributed by atoms with van der Waals surface area (Å²) in [5.41, 5.74) is 2.51. The summed E-state index contributed by atoms with van der Waals surface area (Å²) in [5.74, 6) is -0.203. The molecule has 0 aliphatic carbocycles. The molecule has 2 rings (SSSR count). The van der Waals surface area contributed by atoms with Gasteiger partial charge in [0.15, 0.2) is 0 Å². The number of aromatic nitrogens is 2. The molecule has 1 heterocycles. The largest absolute Gasteiger partial charge is 0.313 e. The fourth-order valence-electron chi connectivity index (χ4n) is 2.53. The van der Waals surface area contributed by atoms with Crippen molar-refractivity contribution < 1.29 is 4.39 Å². The first-order chi connectivity index (χ1) is 10.1. The summed E-state index contributed by atoms with van der Waals surface area (Å²) < 4.78 is 15.9. The molecule has 0 radical (unpaired) electrons. The van der Waals surface area contributed by atoms with Gasteiger partial charge in [0.25, 0.3) is 0 Å². The minimum Gasteiger partial charge on any atom is -0.313 e. The minimum absolute atomic E-state index is 0.129. The molecular weight excluding hydrogens is 289 g/mol. The molecule has 5 heteroatoms. The second kappa shape index (κ2) is 7.05. The third-order valence-corrected chi connectivity index (χ3v) is 4.16. The van der Waals surface area contributed by atoms with Gasteiger partial charge in [0.2, 0.25) is 0 Å². The van der Waals surface area contributed by atoms with Crippen LogP contribution < -0.4 is 5.32 Å². The van der Waals surface area contributed by atoms with Gasteiger partial charge in [0.05, 0.1) is 16.4 Å². The number of rotatable bonds is 6. The molecule has 21 heavy (non-hydrogen) atoms. The highest BCUT2D eigenvalue weighted by atomic mass is 35.5. The predicted octanol–water partition coefficient (Wildman–Crippen LogP) is 3.76. The molecule has 0 aliphatic heterocycles. The first-order valence-corrected chi connectivity index (χ1v) is 7.65. The Morgan fingerprint density at radius 2 is 2.05 bits per heavy atom. The quantitative estimate of drug-likeness (QED) is 0.880. The average molecular weight is 310 g/mol. The maximum atomic E-state index is 14.0. The van der Waals surface area contributed by atoms with Crippen molar-refractivity contribution in [3.63, 3.8) is 0 Å². The number of aryl methyl sites for hydroxylation is 2. The molecule has 1 aromatic heterocycles. The van der Waals surface area contributed by atoms with Crippen LogP contribution in [0.15, 0.2) is 24.3 Å². The van der Waals surface area contributed by atoms with E-state index in [1.54, 1.807) is 12.1 Å². The standard InChI is InChI=1S/C16H21ClFN3/c1-4-13-16(17)15(21(5-2)20-13)10-14(19-3)11-8-6-7-9-12(11)18/h6-9,14,19H,4-5,10H2,1-3H3. The van der Waals surface area contributed by atoms with E-state index in [0.29, 0.717) is 17.0 Å². The zero-order valence-electron chi connectivity index (χ0n) is 12.7. The lowest BCUT2D eigenvalue weighted by molar-refractivity contribution is 0.510. The molecule has 1 N–H and O–H groups in total. The first kappa shape index (κ1) is 16.0. The smallest absolute Gasteiger partial charge is 0.127 e. The number of likely N-dealkylation sites (N-methyl/N-ethyl adjacent to an activating group) is 1. The van der Waals surface area contributed by atoms with Crippen molar-refractivity contribution in [2.75, 3.05) is 7.05 Å². The van der Waals surface area contributed by atoms with Gasteiger partial charge in [-0.2, -0.15) is 5.10 Å². The Labute approximate surface area is 130 Å². The number of benzene rings is 1. The molecule has 0 aliphatic rings. The molecule has 0 spiro atoms.